The first kappa shape index (κ1) is 23.1. The number of benzene rings is 2. The molecule has 0 aliphatic carbocycles. The molecule has 2 aromatic carbocycles. The van der Waals surface area contributed by atoms with Gasteiger partial charge in [-0.25, -0.2) is 0 Å². The maximum absolute atomic E-state index is 4.44. The minimum Gasteiger partial charge on any atom is -1.00 e. The quantitative estimate of drug-likeness (QED) is 0.371. The number of hydrogen-bond acceptors (Lipinski definition) is 6. The zero-order valence-corrected chi connectivity index (χ0v) is 19.7. The van der Waals surface area contributed by atoms with Crippen molar-refractivity contribution < 1.29 is 21.5 Å². The van der Waals surface area contributed by atoms with E-state index in [4.69, 9.17) is 0 Å². The van der Waals surface area contributed by atoms with Crippen molar-refractivity contribution in [3.63, 3.8) is 0 Å². The number of aromatic nitrogens is 2. The summed E-state index contributed by atoms with van der Waals surface area (Å²) in [6, 6.07) is 18.1. The van der Waals surface area contributed by atoms with Gasteiger partial charge in [-0.15, -0.1) is 10.2 Å². The van der Waals surface area contributed by atoms with Gasteiger partial charge in [-0.2, -0.15) is 9.36 Å². The summed E-state index contributed by atoms with van der Waals surface area (Å²) in [4.78, 5) is 6.82. The lowest BCUT2D eigenvalue weighted by atomic mass is 10.2. The molecule has 0 radical (unpaired) electrons. The van der Waals surface area contributed by atoms with Gasteiger partial charge in [-0.05, 0) is 31.2 Å². The fraction of sp³-hybridized carbons (Fsp3) is 0.333. The zero-order valence-electron chi connectivity index (χ0n) is 17.3. The molecule has 0 aliphatic heterocycles. The van der Waals surface area contributed by atoms with Crippen LogP contribution in [0, 0.1) is 0 Å². The molecule has 0 saturated carbocycles. The normalized spacial score (nSPS) is 11.4. The van der Waals surface area contributed by atoms with Crippen LogP contribution < -0.4 is 21.9 Å². The predicted octanol–water partition coefficient (Wildman–Crippen LogP) is 2.16. The second-order valence-corrected chi connectivity index (χ2v) is 8.31. The van der Waals surface area contributed by atoms with Gasteiger partial charge in [0.25, 0.3) is 0 Å². The van der Waals surface area contributed by atoms with E-state index in [1.165, 1.54) is 17.2 Å². The van der Waals surface area contributed by atoms with Crippen LogP contribution in [0.1, 0.15) is 6.92 Å². The van der Waals surface area contributed by atoms with Crippen LogP contribution in [0.2, 0.25) is 0 Å². The second kappa shape index (κ2) is 10.6. The molecule has 1 heterocycles. The third kappa shape index (κ3) is 6.99. The molecular formula is C21H27BrN6S. The molecular weight excluding hydrogens is 448 g/mol. The number of azo groups is 1. The lowest BCUT2D eigenvalue weighted by Crippen LogP contribution is -3.00. The van der Waals surface area contributed by atoms with Gasteiger partial charge in [0.15, 0.2) is 5.82 Å². The van der Waals surface area contributed by atoms with Crippen LogP contribution in [-0.2, 0) is 0 Å². The van der Waals surface area contributed by atoms with Crippen molar-refractivity contribution in [3.05, 3.63) is 54.6 Å². The van der Waals surface area contributed by atoms with Gasteiger partial charge in [0.05, 0.1) is 39.9 Å². The number of hydrogen-bond donors (Lipinski definition) is 0. The number of quaternary nitrogens is 1. The highest BCUT2D eigenvalue weighted by Crippen LogP contribution is 2.26. The van der Waals surface area contributed by atoms with Crippen molar-refractivity contribution in [2.45, 2.75) is 6.92 Å². The highest BCUT2D eigenvalue weighted by Gasteiger charge is 2.11. The summed E-state index contributed by atoms with van der Waals surface area (Å²) >= 11 is 1.25. The Morgan fingerprint density at radius 3 is 2.28 bits per heavy atom. The molecule has 8 heteroatoms. The van der Waals surface area contributed by atoms with E-state index in [1.54, 1.807) is 0 Å². The molecule has 0 unspecified atom stereocenters. The number of likely N-dealkylation sites (N-methyl/N-ethyl adjacent to an activating group) is 2. The van der Waals surface area contributed by atoms with Gasteiger partial charge in [-0.3, -0.25) is 0 Å². The summed E-state index contributed by atoms with van der Waals surface area (Å²) in [5.74, 6) is 0.686. The van der Waals surface area contributed by atoms with Crippen molar-refractivity contribution in [1.82, 2.24) is 9.36 Å². The van der Waals surface area contributed by atoms with Crippen LogP contribution in [0.3, 0.4) is 0 Å². The lowest BCUT2D eigenvalue weighted by molar-refractivity contribution is -0.868. The van der Waals surface area contributed by atoms with Crippen molar-refractivity contribution >= 4 is 28.0 Å². The molecule has 3 rings (SSSR count). The summed E-state index contributed by atoms with van der Waals surface area (Å²) in [7, 11) is 6.65. The van der Waals surface area contributed by atoms with Crippen LogP contribution in [-0.4, -0.2) is 54.6 Å². The third-order valence-electron chi connectivity index (χ3n) is 4.34. The summed E-state index contributed by atoms with van der Waals surface area (Å²) in [5.41, 5.74) is 3.00. The average Bonchev–Trinajstić information content (AvgIpc) is 3.17. The summed E-state index contributed by atoms with van der Waals surface area (Å²) in [6.07, 6.45) is 0. The summed E-state index contributed by atoms with van der Waals surface area (Å²) < 4.78 is 5.31. The minimum absolute atomic E-state index is 0. The van der Waals surface area contributed by atoms with E-state index in [1.807, 2.05) is 42.5 Å². The Morgan fingerprint density at radius 2 is 1.66 bits per heavy atom. The Balaban J connectivity index is 0.00000300. The van der Waals surface area contributed by atoms with Crippen molar-refractivity contribution in [2.75, 3.05) is 45.7 Å². The van der Waals surface area contributed by atoms with E-state index >= 15 is 0 Å². The fourth-order valence-electron chi connectivity index (χ4n) is 2.68. The number of halogens is 1. The predicted molar refractivity (Wildman–Crippen MR) is 117 cm³/mol. The second-order valence-electron chi connectivity index (χ2n) is 7.58. The Morgan fingerprint density at radius 1 is 0.966 bits per heavy atom. The third-order valence-corrected chi connectivity index (χ3v) is 4.94. The Labute approximate surface area is 187 Å². The maximum Gasteiger partial charge on any atom is 0.249 e. The molecule has 6 nitrogen and oxygen atoms in total. The molecule has 154 valence electrons. The van der Waals surface area contributed by atoms with Gasteiger partial charge in [-0.1, -0.05) is 30.3 Å². The van der Waals surface area contributed by atoms with Gasteiger partial charge in [0, 0.05) is 29.3 Å². The molecule has 0 amide bonds. The van der Waals surface area contributed by atoms with Crippen LogP contribution in [0.4, 0.5) is 16.5 Å². The highest BCUT2D eigenvalue weighted by atomic mass is 79.9. The standard InChI is InChI=1S/C21H27N6S.BrH/c1-5-26(15-16-27(2,3)4)19-13-11-18(12-14-19)23-24-21-22-20(25-28-21)17-9-7-6-8-10-17;/h6-14H,5,15-16H2,1-4H3;1H/q+1;/p-1. The fourth-order valence-corrected chi connectivity index (χ4v) is 3.20. The van der Waals surface area contributed by atoms with E-state index in [0.717, 1.165) is 35.4 Å². The Kier molecular flexibility index (Phi) is 8.43. The largest absolute Gasteiger partial charge is 1.00 e. The molecule has 0 saturated heterocycles. The molecule has 0 bridgehead atoms. The number of rotatable bonds is 8. The first-order valence-electron chi connectivity index (χ1n) is 9.41. The summed E-state index contributed by atoms with van der Waals surface area (Å²) in [6.45, 7) is 5.28. The molecule has 3 aromatic rings. The van der Waals surface area contributed by atoms with Gasteiger partial charge >= 0.3 is 0 Å². The van der Waals surface area contributed by atoms with Crippen LogP contribution in [0.25, 0.3) is 11.4 Å². The molecule has 1 aromatic heterocycles. The number of nitrogens with zero attached hydrogens (tertiary/aromatic N) is 6. The molecule has 0 spiro atoms. The summed E-state index contributed by atoms with van der Waals surface area (Å²) in [5, 5.41) is 9.10. The molecule has 0 aliphatic rings. The maximum atomic E-state index is 4.44. The molecule has 0 fully saturated rings. The van der Waals surface area contributed by atoms with Crippen LogP contribution in [0.15, 0.2) is 64.8 Å². The van der Waals surface area contributed by atoms with Crippen molar-refractivity contribution in [2.24, 2.45) is 10.2 Å². The Hall–Kier alpha value is -2.16. The van der Waals surface area contributed by atoms with Gasteiger partial charge < -0.3 is 26.4 Å². The lowest BCUT2D eigenvalue weighted by Gasteiger charge is -2.29. The molecule has 0 atom stereocenters. The smallest absolute Gasteiger partial charge is 0.249 e. The first-order chi connectivity index (χ1) is 13.4. The zero-order chi connectivity index (χ0) is 20.0. The average molecular weight is 475 g/mol. The topological polar surface area (TPSA) is 53.7 Å². The van der Waals surface area contributed by atoms with Crippen LogP contribution >= 0.6 is 11.5 Å². The monoisotopic (exact) mass is 474 g/mol. The van der Waals surface area contributed by atoms with Gasteiger partial charge in [0.2, 0.25) is 5.13 Å². The van der Waals surface area contributed by atoms with E-state index in [2.05, 4.69) is 64.7 Å². The van der Waals surface area contributed by atoms with Gasteiger partial charge in [0.1, 0.15) is 0 Å². The highest BCUT2D eigenvalue weighted by molar-refractivity contribution is 7.09. The Bertz CT molecular complexity index is 903. The van der Waals surface area contributed by atoms with Crippen molar-refractivity contribution in [1.29, 1.82) is 0 Å². The minimum atomic E-state index is 0. The van der Waals surface area contributed by atoms with E-state index < -0.39 is 0 Å². The molecule has 29 heavy (non-hydrogen) atoms. The van der Waals surface area contributed by atoms with E-state index in [0.29, 0.717) is 11.0 Å². The SMILES string of the molecule is CCN(CC[N+](C)(C)C)c1ccc(N=Nc2nc(-c3ccccc3)ns2)cc1.[Br-]. The van der Waals surface area contributed by atoms with E-state index in [9.17, 15) is 0 Å². The molecule has 0 N–H and O–H groups in total. The number of anilines is 1. The van der Waals surface area contributed by atoms with Crippen molar-refractivity contribution in [3.8, 4) is 11.4 Å². The van der Waals surface area contributed by atoms with Crippen LogP contribution in [0.5, 0.6) is 0 Å². The first-order valence-corrected chi connectivity index (χ1v) is 10.2. The van der Waals surface area contributed by atoms with E-state index in [-0.39, 0.29) is 17.0 Å².